The quantitative estimate of drug-likeness (QED) is 0.615. The standard InChI is InChI=1S/C17H17N5O2S2/c1-10-3-5-12(6-4-10)19-15(24)22-17-20-13(9-26-17)7-14(23)21-16-18-11(2)8-25-16/h3-6,8-9H,7H2,1-2H3,(H,18,21,23)(H2,19,20,22,24). The Labute approximate surface area is 158 Å². The second kappa shape index (κ2) is 8.07. The summed E-state index contributed by atoms with van der Waals surface area (Å²) < 4.78 is 0. The lowest BCUT2D eigenvalue weighted by Crippen LogP contribution is -2.19. The Morgan fingerprint density at radius 1 is 0.923 bits per heavy atom. The van der Waals surface area contributed by atoms with Gasteiger partial charge in [-0.2, -0.15) is 0 Å². The van der Waals surface area contributed by atoms with Gasteiger partial charge in [-0.15, -0.1) is 22.7 Å². The maximum absolute atomic E-state index is 12.0. The predicted octanol–water partition coefficient (Wildman–Crippen LogP) is 4.04. The third-order valence-electron chi connectivity index (χ3n) is 3.29. The zero-order chi connectivity index (χ0) is 18.5. The van der Waals surface area contributed by atoms with E-state index in [1.54, 1.807) is 5.38 Å². The van der Waals surface area contributed by atoms with Crippen LogP contribution in [0.25, 0.3) is 0 Å². The van der Waals surface area contributed by atoms with Crippen molar-refractivity contribution >= 4 is 50.6 Å². The summed E-state index contributed by atoms with van der Waals surface area (Å²) in [7, 11) is 0. The van der Waals surface area contributed by atoms with Gasteiger partial charge in [0, 0.05) is 16.4 Å². The lowest BCUT2D eigenvalue weighted by molar-refractivity contribution is -0.115. The molecule has 3 aromatic rings. The van der Waals surface area contributed by atoms with Gasteiger partial charge in [0.25, 0.3) is 0 Å². The summed E-state index contributed by atoms with van der Waals surface area (Å²) in [6, 6.07) is 7.11. The second-order valence-electron chi connectivity index (χ2n) is 5.61. The van der Waals surface area contributed by atoms with E-state index in [4.69, 9.17) is 0 Å². The number of thiazole rings is 2. The van der Waals surface area contributed by atoms with Crippen molar-refractivity contribution in [1.82, 2.24) is 9.97 Å². The molecule has 134 valence electrons. The summed E-state index contributed by atoms with van der Waals surface area (Å²) in [5.74, 6) is -0.194. The first kappa shape index (κ1) is 18.0. The maximum atomic E-state index is 12.0. The van der Waals surface area contributed by atoms with Gasteiger partial charge in [0.2, 0.25) is 5.91 Å². The van der Waals surface area contributed by atoms with Crippen molar-refractivity contribution in [3.63, 3.8) is 0 Å². The molecule has 0 aliphatic carbocycles. The second-order valence-corrected chi connectivity index (χ2v) is 7.32. The molecule has 0 saturated carbocycles. The van der Waals surface area contributed by atoms with Crippen molar-refractivity contribution in [2.24, 2.45) is 0 Å². The molecule has 2 heterocycles. The summed E-state index contributed by atoms with van der Waals surface area (Å²) in [5.41, 5.74) is 3.27. The van der Waals surface area contributed by atoms with Crippen LogP contribution in [0.15, 0.2) is 35.0 Å². The molecule has 2 aromatic heterocycles. The SMILES string of the molecule is Cc1ccc(NC(=O)Nc2nc(CC(=O)Nc3nc(C)cs3)cs2)cc1. The van der Waals surface area contributed by atoms with Crippen LogP contribution in [-0.2, 0) is 11.2 Å². The fourth-order valence-corrected chi connectivity index (χ4v) is 3.49. The number of urea groups is 1. The van der Waals surface area contributed by atoms with Crippen molar-refractivity contribution in [2.75, 3.05) is 16.0 Å². The van der Waals surface area contributed by atoms with E-state index in [1.807, 2.05) is 43.5 Å². The first-order chi connectivity index (χ1) is 12.5. The van der Waals surface area contributed by atoms with Gasteiger partial charge in [-0.3, -0.25) is 10.1 Å². The number of benzene rings is 1. The number of carbonyl (C=O) groups is 2. The highest BCUT2D eigenvalue weighted by Gasteiger charge is 2.11. The smallest absolute Gasteiger partial charge is 0.308 e. The van der Waals surface area contributed by atoms with Crippen LogP contribution in [0.1, 0.15) is 17.0 Å². The van der Waals surface area contributed by atoms with Crippen LogP contribution >= 0.6 is 22.7 Å². The zero-order valence-corrected chi connectivity index (χ0v) is 15.8. The number of amides is 3. The molecule has 3 amide bonds. The number of aromatic nitrogens is 2. The number of aryl methyl sites for hydroxylation is 2. The van der Waals surface area contributed by atoms with Crippen molar-refractivity contribution in [2.45, 2.75) is 20.3 Å². The Morgan fingerprint density at radius 3 is 2.31 bits per heavy atom. The zero-order valence-electron chi connectivity index (χ0n) is 14.2. The number of nitrogens with one attached hydrogen (secondary N) is 3. The predicted molar refractivity (Wildman–Crippen MR) is 105 cm³/mol. The molecular formula is C17H17N5O2S2. The van der Waals surface area contributed by atoms with E-state index in [-0.39, 0.29) is 18.4 Å². The maximum Gasteiger partial charge on any atom is 0.325 e. The normalized spacial score (nSPS) is 10.4. The summed E-state index contributed by atoms with van der Waals surface area (Å²) in [5, 5.41) is 12.7. The Balaban J connectivity index is 1.51. The van der Waals surface area contributed by atoms with Crippen LogP contribution in [0.5, 0.6) is 0 Å². The molecule has 0 aliphatic rings. The minimum atomic E-state index is -0.377. The average Bonchev–Trinajstić information content (AvgIpc) is 3.18. The summed E-state index contributed by atoms with van der Waals surface area (Å²) in [4.78, 5) is 32.5. The topological polar surface area (TPSA) is 96.0 Å². The molecule has 0 saturated heterocycles. The number of nitrogens with zero attached hydrogens (tertiary/aromatic N) is 2. The molecule has 0 aliphatic heterocycles. The largest absolute Gasteiger partial charge is 0.325 e. The van der Waals surface area contributed by atoms with Gasteiger partial charge in [0.05, 0.1) is 17.8 Å². The van der Waals surface area contributed by atoms with E-state index in [1.165, 1.54) is 22.7 Å². The average molecular weight is 387 g/mol. The highest BCUT2D eigenvalue weighted by atomic mass is 32.1. The fraction of sp³-hybridized carbons (Fsp3) is 0.176. The van der Waals surface area contributed by atoms with Crippen LogP contribution in [0.2, 0.25) is 0 Å². The van der Waals surface area contributed by atoms with Gasteiger partial charge >= 0.3 is 6.03 Å². The van der Waals surface area contributed by atoms with E-state index < -0.39 is 0 Å². The molecule has 3 N–H and O–H groups in total. The van der Waals surface area contributed by atoms with Gasteiger partial charge in [0.1, 0.15) is 0 Å². The lowest BCUT2D eigenvalue weighted by Gasteiger charge is -2.05. The molecule has 0 radical (unpaired) electrons. The third-order valence-corrected chi connectivity index (χ3v) is 4.97. The Bertz CT molecular complexity index is 917. The first-order valence-corrected chi connectivity index (χ1v) is 9.55. The number of carbonyl (C=O) groups excluding carboxylic acids is 2. The minimum absolute atomic E-state index is 0.121. The van der Waals surface area contributed by atoms with Crippen LogP contribution in [0.4, 0.5) is 20.7 Å². The van der Waals surface area contributed by atoms with Crippen LogP contribution in [0, 0.1) is 13.8 Å². The highest BCUT2D eigenvalue weighted by molar-refractivity contribution is 7.14. The van der Waals surface area contributed by atoms with Gasteiger partial charge in [-0.25, -0.2) is 14.8 Å². The van der Waals surface area contributed by atoms with Crippen LogP contribution in [-0.4, -0.2) is 21.9 Å². The van der Waals surface area contributed by atoms with Crippen molar-refractivity contribution < 1.29 is 9.59 Å². The van der Waals surface area contributed by atoms with E-state index in [0.29, 0.717) is 21.6 Å². The molecule has 26 heavy (non-hydrogen) atoms. The Morgan fingerprint density at radius 2 is 1.62 bits per heavy atom. The van der Waals surface area contributed by atoms with Crippen molar-refractivity contribution in [3.05, 3.63) is 52.0 Å². The monoisotopic (exact) mass is 387 g/mol. The van der Waals surface area contributed by atoms with E-state index in [0.717, 1.165) is 11.3 Å². The highest BCUT2D eigenvalue weighted by Crippen LogP contribution is 2.18. The Hall–Kier alpha value is -2.78. The fourth-order valence-electron chi connectivity index (χ4n) is 2.08. The lowest BCUT2D eigenvalue weighted by atomic mass is 10.2. The molecule has 0 fully saturated rings. The molecule has 0 unspecified atom stereocenters. The van der Waals surface area contributed by atoms with Gasteiger partial charge in [-0.1, -0.05) is 17.7 Å². The molecular weight excluding hydrogens is 370 g/mol. The minimum Gasteiger partial charge on any atom is -0.308 e. The number of rotatable bonds is 5. The molecule has 0 spiro atoms. The van der Waals surface area contributed by atoms with Gasteiger partial charge in [-0.05, 0) is 26.0 Å². The van der Waals surface area contributed by atoms with E-state index in [2.05, 4.69) is 25.9 Å². The first-order valence-electron chi connectivity index (χ1n) is 7.79. The molecule has 9 heteroatoms. The number of hydrogen-bond donors (Lipinski definition) is 3. The molecule has 0 bridgehead atoms. The van der Waals surface area contributed by atoms with Gasteiger partial charge < -0.3 is 10.6 Å². The number of hydrogen-bond acceptors (Lipinski definition) is 6. The van der Waals surface area contributed by atoms with Crippen molar-refractivity contribution in [3.8, 4) is 0 Å². The van der Waals surface area contributed by atoms with Crippen molar-refractivity contribution in [1.29, 1.82) is 0 Å². The molecule has 3 rings (SSSR count). The Kier molecular flexibility index (Phi) is 5.59. The molecule has 0 atom stereocenters. The number of anilines is 3. The van der Waals surface area contributed by atoms with E-state index >= 15 is 0 Å². The van der Waals surface area contributed by atoms with E-state index in [9.17, 15) is 9.59 Å². The summed E-state index contributed by atoms with van der Waals surface area (Å²) in [6.45, 7) is 3.85. The summed E-state index contributed by atoms with van der Waals surface area (Å²) >= 11 is 2.64. The summed E-state index contributed by atoms with van der Waals surface area (Å²) in [6.07, 6.45) is 0.121. The van der Waals surface area contributed by atoms with Crippen LogP contribution in [0.3, 0.4) is 0 Å². The van der Waals surface area contributed by atoms with Gasteiger partial charge in [0.15, 0.2) is 10.3 Å². The molecule has 1 aromatic carbocycles. The third kappa shape index (κ3) is 5.11. The van der Waals surface area contributed by atoms with Crippen LogP contribution < -0.4 is 16.0 Å². The molecule has 7 nitrogen and oxygen atoms in total.